The predicted octanol–water partition coefficient (Wildman–Crippen LogP) is 5.81. The van der Waals surface area contributed by atoms with Crippen LogP contribution in [0.25, 0.3) is 0 Å². The Balaban J connectivity index is 1.97. The highest BCUT2D eigenvalue weighted by Gasteiger charge is 2.22. The quantitative estimate of drug-likeness (QED) is 0.543. The van der Waals surface area contributed by atoms with Gasteiger partial charge < -0.3 is 5.32 Å². The molecule has 0 bridgehead atoms. The molecule has 1 nitrogen and oxygen atoms in total. The van der Waals surface area contributed by atoms with E-state index in [1.165, 1.54) is 20.4 Å². The van der Waals surface area contributed by atoms with Crippen molar-refractivity contribution in [3.63, 3.8) is 0 Å². The molecule has 4 heteroatoms. The predicted molar refractivity (Wildman–Crippen MR) is 93.0 cm³/mol. The second-order valence-electron chi connectivity index (χ2n) is 4.68. The molecule has 1 atom stereocenters. The third kappa shape index (κ3) is 2.78. The molecule has 0 amide bonds. The second kappa shape index (κ2) is 5.62. The average Bonchev–Trinajstić information content (AvgIpc) is 2.39. The smallest absolute Gasteiger partial charge is 0.0532 e. The number of rotatable bonds is 1. The molecule has 2 aromatic rings. The van der Waals surface area contributed by atoms with E-state index in [4.69, 9.17) is 11.6 Å². The number of fused-ring (bicyclic) bond motifs is 1. The van der Waals surface area contributed by atoms with Crippen LogP contribution in [0.1, 0.15) is 23.6 Å². The van der Waals surface area contributed by atoms with Crippen molar-refractivity contribution >= 4 is 55.8 Å². The molecule has 0 saturated carbocycles. The van der Waals surface area contributed by atoms with Crippen molar-refractivity contribution in [3.05, 3.63) is 60.6 Å². The Bertz CT molecular complexity index is 630. The van der Waals surface area contributed by atoms with E-state index in [9.17, 15) is 0 Å². The zero-order valence-corrected chi connectivity index (χ0v) is 14.6. The van der Waals surface area contributed by atoms with E-state index in [-0.39, 0.29) is 6.04 Å². The molecule has 1 aliphatic heterocycles. The number of nitrogens with one attached hydrogen (secondary N) is 1. The first-order valence-corrected chi connectivity index (χ1v) is 8.39. The maximum absolute atomic E-state index is 6.30. The van der Waals surface area contributed by atoms with Crippen LogP contribution in [0.2, 0.25) is 5.02 Å². The standard InChI is InChI=1S/C15H12BrClIN/c16-12-8-10(18)7-9-5-6-14(19-15(9)12)11-3-1-2-4-13(11)17/h1-4,7-8,14,19H,5-6H2. The maximum atomic E-state index is 6.30. The van der Waals surface area contributed by atoms with Gasteiger partial charge in [0.05, 0.1) is 11.7 Å². The lowest BCUT2D eigenvalue weighted by atomic mass is 9.93. The molecule has 19 heavy (non-hydrogen) atoms. The summed E-state index contributed by atoms with van der Waals surface area (Å²) in [5.41, 5.74) is 3.76. The molecule has 98 valence electrons. The van der Waals surface area contributed by atoms with Gasteiger partial charge in [-0.15, -0.1) is 0 Å². The monoisotopic (exact) mass is 447 g/mol. The van der Waals surface area contributed by atoms with Crippen LogP contribution in [-0.4, -0.2) is 0 Å². The molecule has 1 aliphatic rings. The van der Waals surface area contributed by atoms with Gasteiger partial charge in [-0.1, -0.05) is 29.8 Å². The van der Waals surface area contributed by atoms with Crippen molar-refractivity contribution in [2.75, 3.05) is 5.32 Å². The highest BCUT2D eigenvalue weighted by Crippen LogP contribution is 2.39. The van der Waals surface area contributed by atoms with Crippen molar-refractivity contribution in [2.24, 2.45) is 0 Å². The summed E-state index contributed by atoms with van der Waals surface area (Å²) in [5.74, 6) is 0. The third-order valence-electron chi connectivity index (χ3n) is 3.44. The normalized spacial score (nSPS) is 17.7. The first-order chi connectivity index (χ1) is 9.15. The van der Waals surface area contributed by atoms with Gasteiger partial charge in [0, 0.05) is 13.1 Å². The second-order valence-corrected chi connectivity index (χ2v) is 7.19. The van der Waals surface area contributed by atoms with E-state index < -0.39 is 0 Å². The van der Waals surface area contributed by atoms with Crippen LogP contribution in [-0.2, 0) is 6.42 Å². The minimum absolute atomic E-state index is 0.289. The fourth-order valence-electron chi connectivity index (χ4n) is 2.52. The lowest BCUT2D eigenvalue weighted by Gasteiger charge is -2.29. The number of aryl methyl sites for hydroxylation is 1. The van der Waals surface area contributed by atoms with Crippen LogP contribution >= 0.6 is 50.1 Å². The number of hydrogen-bond donors (Lipinski definition) is 1. The topological polar surface area (TPSA) is 12.0 Å². The SMILES string of the molecule is Clc1ccccc1C1CCc2cc(I)cc(Br)c2N1. The van der Waals surface area contributed by atoms with Gasteiger partial charge >= 0.3 is 0 Å². The average molecular weight is 449 g/mol. The molecule has 0 radical (unpaired) electrons. The minimum atomic E-state index is 0.289. The Morgan fingerprint density at radius 1 is 1.26 bits per heavy atom. The van der Waals surface area contributed by atoms with Crippen LogP contribution in [0.4, 0.5) is 5.69 Å². The lowest BCUT2D eigenvalue weighted by Crippen LogP contribution is -2.19. The summed E-state index contributed by atoms with van der Waals surface area (Å²) in [7, 11) is 0. The van der Waals surface area contributed by atoms with Crippen molar-refractivity contribution in [3.8, 4) is 0 Å². The summed E-state index contributed by atoms with van der Waals surface area (Å²) in [5, 5.41) is 4.45. The van der Waals surface area contributed by atoms with Crippen molar-refractivity contribution < 1.29 is 0 Å². The summed E-state index contributed by atoms with van der Waals surface area (Å²) in [6, 6.07) is 12.8. The molecule has 0 aromatic heterocycles. The molecule has 0 spiro atoms. The molecule has 0 saturated heterocycles. The number of hydrogen-bond acceptors (Lipinski definition) is 1. The zero-order valence-electron chi connectivity index (χ0n) is 10.1. The van der Waals surface area contributed by atoms with Gasteiger partial charge in [0.1, 0.15) is 0 Å². The van der Waals surface area contributed by atoms with Gasteiger partial charge in [-0.25, -0.2) is 0 Å². The largest absolute Gasteiger partial charge is 0.377 e. The molecule has 2 aromatic carbocycles. The van der Waals surface area contributed by atoms with Crippen LogP contribution in [0.3, 0.4) is 0 Å². The summed E-state index contributed by atoms with van der Waals surface area (Å²) < 4.78 is 2.40. The molecule has 0 aliphatic carbocycles. The molecule has 0 fully saturated rings. The summed E-state index contributed by atoms with van der Waals surface area (Å²) in [6.45, 7) is 0. The number of halogens is 3. The minimum Gasteiger partial charge on any atom is -0.377 e. The molecular weight excluding hydrogens is 436 g/mol. The molecule has 3 rings (SSSR count). The Labute approximate surface area is 140 Å². The molecule has 1 heterocycles. The van der Waals surface area contributed by atoms with Crippen molar-refractivity contribution in [1.29, 1.82) is 0 Å². The lowest BCUT2D eigenvalue weighted by molar-refractivity contribution is 0.667. The van der Waals surface area contributed by atoms with Gasteiger partial charge in [0.25, 0.3) is 0 Å². The van der Waals surface area contributed by atoms with Gasteiger partial charge in [0.15, 0.2) is 0 Å². The zero-order chi connectivity index (χ0) is 13.4. The third-order valence-corrected chi connectivity index (χ3v) is 5.03. The summed E-state index contributed by atoms with van der Waals surface area (Å²) >= 11 is 12.3. The summed E-state index contributed by atoms with van der Waals surface area (Å²) in [4.78, 5) is 0. The van der Waals surface area contributed by atoms with Gasteiger partial charge in [-0.05, 0) is 80.7 Å². The first-order valence-electron chi connectivity index (χ1n) is 6.14. The van der Waals surface area contributed by atoms with E-state index in [1.54, 1.807) is 0 Å². The van der Waals surface area contributed by atoms with Crippen LogP contribution < -0.4 is 5.32 Å². The summed E-state index contributed by atoms with van der Waals surface area (Å²) in [6.07, 6.45) is 2.15. The van der Waals surface area contributed by atoms with E-state index in [0.29, 0.717) is 0 Å². The Morgan fingerprint density at radius 3 is 2.84 bits per heavy atom. The Kier molecular flexibility index (Phi) is 4.06. The molecule has 1 unspecified atom stereocenters. The van der Waals surface area contributed by atoms with Crippen LogP contribution in [0.5, 0.6) is 0 Å². The van der Waals surface area contributed by atoms with Gasteiger partial charge in [-0.3, -0.25) is 0 Å². The van der Waals surface area contributed by atoms with Crippen molar-refractivity contribution in [1.82, 2.24) is 0 Å². The van der Waals surface area contributed by atoms with E-state index in [1.807, 2.05) is 18.2 Å². The highest BCUT2D eigenvalue weighted by molar-refractivity contribution is 14.1. The maximum Gasteiger partial charge on any atom is 0.0532 e. The van der Waals surface area contributed by atoms with E-state index >= 15 is 0 Å². The Hall–Kier alpha value is -0.260. The first kappa shape index (κ1) is 13.7. The Morgan fingerprint density at radius 2 is 2.05 bits per heavy atom. The fourth-order valence-corrected chi connectivity index (χ4v) is 4.52. The van der Waals surface area contributed by atoms with Gasteiger partial charge in [-0.2, -0.15) is 0 Å². The van der Waals surface area contributed by atoms with Crippen molar-refractivity contribution in [2.45, 2.75) is 18.9 Å². The number of benzene rings is 2. The highest BCUT2D eigenvalue weighted by atomic mass is 127. The van der Waals surface area contributed by atoms with Gasteiger partial charge in [0.2, 0.25) is 0 Å². The van der Waals surface area contributed by atoms with Crippen LogP contribution in [0.15, 0.2) is 40.9 Å². The fraction of sp³-hybridized carbons (Fsp3) is 0.200. The molecule has 1 N–H and O–H groups in total. The van der Waals surface area contributed by atoms with Crippen LogP contribution in [0, 0.1) is 3.57 Å². The number of anilines is 1. The van der Waals surface area contributed by atoms with E-state index in [0.717, 1.165) is 22.3 Å². The molecular formula is C15H12BrClIN. The van der Waals surface area contributed by atoms with E-state index in [2.05, 4.69) is 62.0 Å².